The standard InChI is InChI=1S/C28H29ClF3N7O3/c1-27(2)11-13-36(14-12-27)25(41)20-5-3-4-6-21(20)39-17-33-23(34-39)16-38-26(42)37(15-22(40)28(30,31)32)24(35-38)18-7-9-19(29)10-8-18/h3-10,17,22,40H,11-16H2,1-2H3/t22-/m0/s1. The number of nitrogens with zero attached hydrogens (tertiary/aromatic N) is 7. The molecule has 5 rings (SSSR count). The van der Waals surface area contributed by atoms with Gasteiger partial charge in [0.1, 0.15) is 12.9 Å². The number of halogens is 4. The van der Waals surface area contributed by atoms with Gasteiger partial charge < -0.3 is 10.0 Å². The van der Waals surface area contributed by atoms with Gasteiger partial charge >= 0.3 is 11.9 Å². The van der Waals surface area contributed by atoms with Crippen molar-refractivity contribution in [3.05, 3.63) is 81.8 Å². The summed E-state index contributed by atoms with van der Waals surface area (Å²) >= 11 is 5.94. The summed E-state index contributed by atoms with van der Waals surface area (Å²) in [6.07, 6.45) is -4.53. The number of aliphatic hydroxyl groups excluding tert-OH is 1. The predicted molar refractivity (Wildman–Crippen MR) is 148 cm³/mol. The molecule has 3 heterocycles. The monoisotopic (exact) mass is 603 g/mol. The lowest BCUT2D eigenvalue weighted by molar-refractivity contribution is -0.207. The van der Waals surface area contributed by atoms with Crippen molar-refractivity contribution in [1.29, 1.82) is 0 Å². The van der Waals surface area contributed by atoms with Crippen LogP contribution in [0.5, 0.6) is 0 Å². The number of hydrogen-bond acceptors (Lipinski definition) is 6. The van der Waals surface area contributed by atoms with E-state index in [4.69, 9.17) is 11.6 Å². The Balaban J connectivity index is 1.43. The third-order valence-corrected chi connectivity index (χ3v) is 7.63. The fourth-order valence-corrected chi connectivity index (χ4v) is 4.88. The van der Waals surface area contributed by atoms with Gasteiger partial charge in [0.15, 0.2) is 17.8 Å². The summed E-state index contributed by atoms with van der Waals surface area (Å²) in [5.41, 5.74) is 0.570. The maximum absolute atomic E-state index is 13.4. The first kappa shape index (κ1) is 29.5. The molecule has 1 amide bonds. The predicted octanol–water partition coefficient (Wildman–Crippen LogP) is 4.18. The maximum atomic E-state index is 13.4. The molecule has 1 saturated heterocycles. The lowest BCUT2D eigenvalue weighted by atomic mass is 9.82. The number of aromatic nitrogens is 6. The maximum Gasteiger partial charge on any atom is 0.416 e. The molecule has 4 aromatic rings. The van der Waals surface area contributed by atoms with Crippen molar-refractivity contribution in [1.82, 2.24) is 34.0 Å². The number of rotatable bonds is 7. The van der Waals surface area contributed by atoms with Gasteiger partial charge in [-0.2, -0.15) is 13.2 Å². The minimum Gasteiger partial charge on any atom is -0.382 e. The SMILES string of the molecule is CC1(C)CCN(C(=O)c2ccccc2-n2cnc(Cn3nc(-c4ccc(Cl)cc4)n(C[C@H](O)C(F)(F)F)c3=O)n2)CC1. The van der Waals surface area contributed by atoms with E-state index in [9.17, 15) is 27.9 Å². The number of carbonyl (C=O) groups is 1. The second kappa shape index (κ2) is 11.4. The van der Waals surface area contributed by atoms with Crippen LogP contribution in [0, 0.1) is 5.41 Å². The molecule has 1 aliphatic heterocycles. The molecule has 1 N–H and O–H groups in total. The van der Waals surface area contributed by atoms with Crippen LogP contribution in [0.1, 0.15) is 42.9 Å². The zero-order valence-electron chi connectivity index (χ0n) is 22.9. The Morgan fingerprint density at radius 1 is 1.07 bits per heavy atom. The highest BCUT2D eigenvalue weighted by Crippen LogP contribution is 2.31. The number of carbonyl (C=O) groups excluding carboxylic acids is 1. The summed E-state index contributed by atoms with van der Waals surface area (Å²) in [4.78, 5) is 32.7. The van der Waals surface area contributed by atoms with Crippen LogP contribution in [-0.4, -0.2) is 70.4 Å². The Hall–Kier alpha value is -3.97. The number of benzene rings is 2. The summed E-state index contributed by atoms with van der Waals surface area (Å²) in [5, 5.41) is 18.8. The summed E-state index contributed by atoms with van der Waals surface area (Å²) in [5.74, 6) is -0.0632. The number of para-hydroxylation sites is 1. The van der Waals surface area contributed by atoms with Crippen molar-refractivity contribution < 1.29 is 23.1 Å². The van der Waals surface area contributed by atoms with Gasteiger partial charge in [0.2, 0.25) is 0 Å². The zero-order chi connectivity index (χ0) is 30.2. The topological polar surface area (TPSA) is 111 Å². The van der Waals surface area contributed by atoms with E-state index in [0.717, 1.165) is 22.1 Å². The van der Waals surface area contributed by atoms with Crippen molar-refractivity contribution in [3.8, 4) is 17.1 Å². The average molecular weight is 604 g/mol. The Bertz CT molecular complexity index is 1630. The lowest BCUT2D eigenvalue weighted by Crippen LogP contribution is -2.41. The summed E-state index contributed by atoms with van der Waals surface area (Å²) in [6, 6.07) is 13.0. The van der Waals surface area contributed by atoms with Crippen molar-refractivity contribution in [2.75, 3.05) is 13.1 Å². The van der Waals surface area contributed by atoms with E-state index >= 15 is 0 Å². The van der Waals surface area contributed by atoms with E-state index < -0.39 is 24.5 Å². The van der Waals surface area contributed by atoms with Gasteiger partial charge in [-0.05, 0) is 54.7 Å². The van der Waals surface area contributed by atoms with Crippen LogP contribution in [0.2, 0.25) is 5.02 Å². The van der Waals surface area contributed by atoms with Crippen LogP contribution in [0.15, 0.2) is 59.7 Å². The normalized spacial score (nSPS) is 16.0. The van der Waals surface area contributed by atoms with Crippen LogP contribution in [0.25, 0.3) is 17.1 Å². The molecular formula is C28H29ClF3N7O3. The molecule has 0 spiro atoms. The third-order valence-electron chi connectivity index (χ3n) is 7.37. The first-order valence-corrected chi connectivity index (χ1v) is 13.7. The molecule has 2 aromatic carbocycles. The highest BCUT2D eigenvalue weighted by Gasteiger charge is 2.39. The largest absolute Gasteiger partial charge is 0.416 e. The summed E-state index contributed by atoms with van der Waals surface area (Å²) < 4.78 is 42.6. The quantitative estimate of drug-likeness (QED) is 0.339. The van der Waals surface area contributed by atoms with Crippen molar-refractivity contribution in [2.45, 2.75) is 52.1 Å². The molecule has 1 aliphatic rings. The van der Waals surface area contributed by atoms with Gasteiger partial charge in [-0.3, -0.25) is 9.36 Å². The van der Waals surface area contributed by atoms with Crippen LogP contribution in [-0.2, 0) is 13.1 Å². The van der Waals surface area contributed by atoms with E-state index in [1.165, 1.54) is 35.3 Å². The first-order chi connectivity index (χ1) is 19.8. The fraction of sp³-hybridized carbons (Fsp3) is 0.393. The number of aliphatic hydroxyl groups is 1. The average Bonchev–Trinajstić information content (AvgIpc) is 3.53. The van der Waals surface area contributed by atoms with Gasteiger partial charge in [-0.1, -0.05) is 37.6 Å². The molecular weight excluding hydrogens is 575 g/mol. The summed E-state index contributed by atoms with van der Waals surface area (Å²) in [7, 11) is 0. The number of piperidine rings is 1. The second-order valence-corrected chi connectivity index (χ2v) is 11.5. The highest BCUT2D eigenvalue weighted by molar-refractivity contribution is 6.30. The molecule has 10 nitrogen and oxygen atoms in total. The molecule has 2 aromatic heterocycles. The molecule has 0 bridgehead atoms. The van der Waals surface area contributed by atoms with Crippen molar-refractivity contribution >= 4 is 17.5 Å². The van der Waals surface area contributed by atoms with Gasteiger partial charge in [-0.25, -0.2) is 19.1 Å². The van der Waals surface area contributed by atoms with Gasteiger partial charge in [-0.15, -0.1) is 10.2 Å². The molecule has 14 heteroatoms. The molecule has 0 aliphatic carbocycles. The second-order valence-electron chi connectivity index (χ2n) is 11.0. The number of amides is 1. The number of likely N-dealkylation sites (tertiary alicyclic amines) is 1. The Morgan fingerprint density at radius 3 is 2.40 bits per heavy atom. The van der Waals surface area contributed by atoms with Gasteiger partial charge in [0.05, 0.1) is 17.8 Å². The zero-order valence-corrected chi connectivity index (χ0v) is 23.7. The minimum atomic E-state index is -4.94. The summed E-state index contributed by atoms with van der Waals surface area (Å²) in [6.45, 7) is 4.35. The van der Waals surface area contributed by atoms with Gasteiger partial charge in [0, 0.05) is 23.7 Å². The molecule has 42 heavy (non-hydrogen) atoms. The van der Waals surface area contributed by atoms with Crippen molar-refractivity contribution in [3.63, 3.8) is 0 Å². The van der Waals surface area contributed by atoms with Crippen LogP contribution in [0.4, 0.5) is 13.2 Å². The van der Waals surface area contributed by atoms with Gasteiger partial charge in [0.25, 0.3) is 5.91 Å². The highest BCUT2D eigenvalue weighted by atomic mass is 35.5. The van der Waals surface area contributed by atoms with Crippen molar-refractivity contribution in [2.24, 2.45) is 5.41 Å². The molecule has 0 radical (unpaired) electrons. The molecule has 0 saturated carbocycles. The smallest absolute Gasteiger partial charge is 0.382 e. The lowest BCUT2D eigenvalue weighted by Gasteiger charge is -2.37. The molecule has 0 unspecified atom stereocenters. The van der Waals surface area contributed by atoms with E-state index in [1.807, 2.05) is 4.90 Å². The van der Waals surface area contributed by atoms with Crippen LogP contribution >= 0.6 is 11.6 Å². The van der Waals surface area contributed by atoms with Crippen LogP contribution < -0.4 is 5.69 Å². The van der Waals surface area contributed by atoms with E-state index in [1.54, 1.807) is 24.3 Å². The Morgan fingerprint density at radius 2 is 1.74 bits per heavy atom. The van der Waals surface area contributed by atoms with E-state index in [0.29, 0.717) is 34.9 Å². The Labute approximate surface area is 244 Å². The van der Waals surface area contributed by atoms with Crippen LogP contribution in [0.3, 0.4) is 0 Å². The number of hydrogen-bond donors (Lipinski definition) is 1. The first-order valence-electron chi connectivity index (χ1n) is 13.3. The third kappa shape index (κ3) is 6.26. The minimum absolute atomic E-state index is 0.0833. The Kier molecular flexibility index (Phi) is 7.99. The van der Waals surface area contributed by atoms with E-state index in [-0.39, 0.29) is 29.5 Å². The molecule has 1 atom stereocenters. The molecule has 222 valence electrons. The fourth-order valence-electron chi connectivity index (χ4n) is 4.76. The van der Waals surface area contributed by atoms with E-state index in [2.05, 4.69) is 29.0 Å². The number of alkyl halides is 3. The molecule has 1 fully saturated rings.